The lowest BCUT2D eigenvalue weighted by molar-refractivity contribution is -0.136. The average molecular weight is 327 g/mol. The summed E-state index contributed by atoms with van der Waals surface area (Å²) in [7, 11) is -4.23. The molecular weight excluding hydrogens is 317 g/mol. The monoisotopic (exact) mass is 326 g/mol. The first kappa shape index (κ1) is 16.6. The second kappa shape index (κ2) is 5.89. The number of nitrogens with one attached hydrogen (secondary N) is 1. The quantitative estimate of drug-likeness (QED) is 0.921. The lowest BCUT2D eigenvalue weighted by atomic mass is 10.2. The minimum atomic E-state index is -4.77. The van der Waals surface area contributed by atoms with E-state index in [1.807, 2.05) is 0 Å². The van der Waals surface area contributed by atoms with Crippen molar-refractivity contribution in [3.05, 3.63) is 28.8 Å². The van der Waals surface area contributed by atoms with E-state index >= 15 is 0 Å². The van der Waals surface area contributed by atoms with Gasteiger partial charge in [-0.1, -0.05) is 18.5 Å². The van der Waals surface area contributed by atoms with Crippen LogP contribution in [0.15, 0.2) is 18.2 Å². The van der Waals surface area contributed by atoms with E-state index in [0.29, 0.717) is 6.07 Å². The Bertz CT molecular complexity index is 638. The van der Waals surface area contributed by atoms with Crippen LogP contribution in [0.2, 0.25) is 5.02 Å². The Kier molecular flexibility index (Phi) is 4.89. The van der Waals surface area contributed by atoms with Crippen molar-refractivity contribution in [2.45, 2.75) is 24.8 Å². The highest BCUT2D eigenvalue weighted by Gasteiger charge is 2.35. The summed E-state index contributed by atoms with van der Waals surface area (Å²) in [5.74, 6) is 0. The van der Waals surface area contributed by atoms with Gasteiger partial charge in [-0.15, -0.1) is 0 Å². The molecule has 1 N–H and O–H groups in total. The van der Waals surface area contributed by atoms with Crippen molar-refractivity contribution < 1.29 is 21.6 Å². The smallest absolute Gasteiger partial charge is 0.282 e. The topological polar surface area (TPSA) is 70.0 Å². The van der Waals surface area contributed by atoms with Crippen molar-refractivity contribution in [2.75, 3.05) is 4.72 Å². The number of anilines is 1. The summed E-state index contributed by atoms with van der Waals surface area (Å²) in [6.45, 7) is 1.44. The van der Waals surface area contributed by atoms with Crippen LogP contribution in [0.4, 0.5) is 18.9 Å². The molecule has 1 aromatic carbocycles. The van der Waals surface area contributed by atoms with Gasteiger partial charge in [-0.3, -0.25) is 4.72 Å². The summed E-state index contributed by atoms with van der Waals surface area (Å²) in [6, 6.07) is 4.18. The maximum Gasteiger partial charge on any atom is 0.418 e. The molecule has 0 bridgehead atoms. The predicted molar refractivity (Wildman–Crippen MR) is 68.7 cm³/mol. The maximum atomic E-state index is 12.8. The van der Waals surface area contributed by atoms with E-state index in [0.717, 1.165) is 12.1 Å². The molecule has 1 atom stereocenters. The van der Waals surface area contributed by atoms with Crippen LogP contribution in [0.3, 0.4) is 0 Å². The van der Waals surface area contributed by atoms with Crippen molar-refractivity contribution >= 4 is 27.3 Å². The normalized spacial score (nSPS) is 13.6. The first-order valence-corrected chi connectivity index (χ1v) is 7.32. The number of benzene rings is 1. The highest BCUT2D eigenvalue weighted by atomic mass is 35.5. The van der Waals surface area contributed by atoms with E-state index in [2.05, 4.69) is 0 Å². The number of rotatable bonds is 4. The van der Waals surface area contributed by atoms with Gasteiger partial charge in [-0.25, -0.2) is 8.42 Å². The summed E-state index contributed by atoms with van der Waals surface area (Å²) < 4.78 is 63.8. The van der Waals surface area contributed by atoms with Gasteiger partial charge in [0, 0.05) is 5.02 Å². The second-order valence-corrected chi connectivity index (χ2v) is 6.16. The first-order chi connectivity index (χ1) is 9.11. The molecule has 0 aliphatic rings. The van der Waals surface area contributed by atoms with Gasteiger partial charge in [0.05, 0.1) is 17.3 Å². The number of alkyl halides is 3. The van der Waals surface area contributed by atoms with Crippen LogP contribution >= 0.6 is 11.6 Å². The van der Waals surface area contributed by atoms with E-state index < -0.39 is 32.7 Å². The number of nitriles is 1. The van der Waals surface area contributed by atoms with Crippen LogP contribution < -0.4 is 4.72 Å². The predicted octanol–water partition coefficient (Wildman–Crippen LogP) is 3.40. The zero-order valence-corrected chi connectivity index (χ0v) is 11.8. The van der Waals surface area contributed by atoms with Gasteiger partial charge in [0.15, 0.2) is 5.25 Å². The molecule has 0 saturated carbocycles. The third-order valence-corrected chi connectivity index (χ3v) is 4.36. The Morgan fingerprint density at radius 2 is 2.05 bits per heavy atom. The highest BCUT2D eigenvalue weighted by Crippen LogP contribution is 2.37. The molecular formula is C11H10ClF3N2O2S. The highest BCUT2D eigenvalue weighted by molar-refractivity contribution is 7.93. The molecule has 1 unspecified atom stereocenters. The van der Waals surface area contributed by atoms with Gasteiger partial charge in [-0.05, 0) is 24.6 Å². The molecule has 0 amide bonds. The second-order valence-electron chi connectivity index (χ2n) is 3.86. The van der Waals surface area contributed by atoms with E-state index in [1.165, 1.54) is 13.0 Å². The van der Waals surface area contributed by atoms with Crippen LogP contribution in [0.1, 0.15) is 18.9 Å². The van der Waals surface area contributed by atoms with Crippen LogP contribution in [0.25, 0.3) is 0 Å². The molecule has 110 valence electrons. The summed E-state index contributed by atoms with van der Waals surface area (Å²) >= 11 is 5.48. The Balaban J connectivity index is 3.27. The largest absolute Gasteiger partial charge is 0.418 e. The van der Waals surface area contributed by atoms with Gasteiger partial charge in [-0.2, -0.15) is 18.4 Å². The molecule has 0 saturated heterocycles. The third kappa shape index (κ3) is 3.77. The van der Waals surface area contributed by atoms with Gasteiger partial charge >= 0.3 is 6.18 Å². The fraction of sp³-hybridized carbons (Fsp3) is 0.364. The number of hydrogen-bond donors (Lipinski definition) is 1. The molecule has 0 aromatic heterocycles. The van der Waals surface area contributed by atoms with E-state index in [1.54, 1.807) is 4.72 Å². The van der Waals surface area contributed by atoms with Crippen LogP contribution in [0.5, 0.6) is 0 Å². The fourth-order valence-electron chi connectivity index (χ4n) is 1.44. The van der Waals surface area contributed by atoms with Crippen molar-refractivity contribution in [2.24, 2.45) is 0 Å². The Morgan fingerprint density at radius 3 is 2.50 bits per heavy atom. The Labute approximate surface area is 119 Å². The number of hydrogen-bond acceptors (Lipinski definition) is 3. The first-order valence-electron chi connectivity index (χ1n) is 5.39. The fourth-order valence-corrected chi connectivity index (χ4v) is 2.82. The summed E-state index contributed by atoms with van der Waals surface area (Å²) in [6.07, 6.45) is -4.81. The van der Waals surface area contributed by atoms with Gasteiger partial charge in [0.25, 0.3) is 0 Å². The lowest BCUT2D eigenvalue weighted by Gasteiger charge is -2.16. The number of nitrogens with zero attached hydrogens (tertiary/aromatic N) is 1. The molecule has 1 rings (SSSR count). The molecule has 0 heterocycles. The Hall–Kier alpha value is -1.46. The standard InChI is InChI=1S/C11H10ClF3N2O2S/c1-2-8(6-16)20(18,19)17-10-4-3-7(12)5-9(10)11(13,14)15/h3-5,8,17H,2H2,1H3. The van der Waals surface area contributed by atoms with Crippen LogP contribution in [-0.4, -0.2) is 13.7 Å². The molecule has 0 aliphatic carbocycles. The molecule has 0 aliphatic heterocycles. The molecule has 0 radical (unpaired) electrons. The number of halogens is 4. The molecule has 4 nitrogen and oxygen atoms in total. The van der Waals surface area contributed by atoms with Crippen molar-refractivity contribution in [3.63, 3.8) is 0 Å². The molecule has 0 fully saturated rings. The molecule has 20 heavy (non-hydrogen) atoms. The van der Waals surface area contributed by atoms with Crippen LogP contribution in [-0.2, 0) is 16.2 Å². The maximum absolute atomic E-state index is 12.8. The summed E-state index contributed by atoms with van der Waals surface area (Å²) in [5, 5.41) is 7.10. The molecule has 9 heteroatoms. The molecule has 1 aromatic rings. The van der Waals surface area contributed by atoms with Crippen molar-refractivity contribution in [1.82, 2.24) is 0 Å². The number of sulfonamides is 1. The SMILES string of the molecule is CCC(C#N)S(=O)(=O)Nc1ccc(Cl)cc1C(F)(F)F. The average Bonchev–Trinajstić information content (AvgIpc) is 2.31. The van der Waals surface area contributed by atoms with Crippen molar-refractivity contribution in [3.8, 4) is 6.07 Å². The van der Waals surface area contributed by atoms with Crippen molar-refractivity contribution in [1.29, 1.82) is 5.26 Å². The summed E-state index contributed by atoms with van der Waals surface area (Å²) in [5.41, 5.74) is -1.86. The third-order valence-electron chi connectivity index (χ3n) is 2.43. The van der Waals surface area contributed by atoms with E-state index in [9.17, 15) is 21.6 Å². The minimum absolute atomic E-state index is 0.0409. The van der Waals surface area contributed by atoms with Gasteiger partial charge < -0.3 is 0 Å². The van der Waals surface area contributed by atoms with E-state index in [4.69, 9.17) is 16.9 Å². The summed E-state index contributed by atoms with van der Waals surface area (Å²) in [4.78, 5) is 0. The van der Waals surface area contributed by atoms with Gasteiger partial charge in [0.2, 0.25) is 10.0 Å². The zero-order chi connectivity index (χ0) is 15.6. The van der Waals surface area contributed by atoms with Crippen LogP contribution in [0, 0.1) is 11.3 Å². The van der Waals surface area contributed by atoms with E-state index in [-0.39, 0.29) is 11.4 Å². The minimum Gasteiger partial charge on any atom is -0.282 e. The zero-order valence-electron chi connectivity index (χ0n) is 10.2. The molecule has 0 spiro atoms. The van der Waals surface area contributed by atoms with Gasteiger partial charge in [0.1, 0.15) is 0 Å². The Morgan fingerprint density at radius 1 is 1.45 bits per heavy atom. The lowest BCUT2D eigenvalue weighted by Crippen LogP contribution is -2.27.